The lowest BCUT2D eigenvalue weighted by Crippen LogP contribution is -2.54. The Morgan fingerprint density at radius 1 is 1.30 bits per heavy atom. The summed E-state index contributed by atoms with van der Waals surface area (Å²) in [6, 6.07) is 11.1. The third-order valence-electron chi connectivity index (χ3n) is 5.00. The number of piperazine rings is 1. The van der Waals surface area contributed by atoms with Gasteiger partial charge in [0.05, 0.1) is 11.7 Å². The highest BCUT2D eigenvalue weighted by molar-refractivity contribution is 6.03. The van der Waals surface area contributed by atoms with Gasteiger partial charge in [0, 0.05) is 32.0 Å². The van der Waals surface area contributed by atoms with Crippen LogP contribution in [0.15, 0.2) is 48.8 Å². The molecule has 27 heavy (non-hydrogen) atoms. The third kappa shape index (κ3) is 3.38. The number of hydrogen-bond donors (Lipinski definition) is 1. The number of ether oxygens (including phenoxy) is 1. The van der Waals surface area contributed by atoms with Gasteiger partial charge in [0.25, 0.3) is 5.91 Å². The molecule has 1 aromatic carbocycles. The maximum atomic E-state index is 13.2. The number of amides is 2. The zero-order valence-corrected chi connectivity index (χ0v) is 15.2. The van der Waals surface area contributed by atoms with Crippen LogP contribution in [0.2, 0.25) is 0 Å². The number of fused-ring (bicyclic) bond motifs is 1. The SMILES string of the molecule is CC1Oc2ccccc2N(CC(=O)N2CCNCC2c2cccnc2)C1=O. The van der Waals surface area contributed by atoms with Crippen molar-refractivity contribution < 1.29 is 14.3 Å². The van der Waals surface area contributed by atoms with E-state index >= 15 is 0 Å². The average Bonchev–Trinajstić information content (AvgIpc) is 2.72. The molecule has 1 N–H and O–H groups in total. The Morgan fingerprint density at radius 3 is 2.96 bits per heavy atom. The standard InChI is InChI=1S/C20H22N4O3/c1-14-20(26)24(16-6-2-3-7-18(16)27-14)13-19(25)23-10-9-22-12-17(23)15-5-4-8-21-11-15/h2-8,11,14,17,22H,9-10,12-13H2,1H3. The fourth-order valence-corrected chi connectivity index (χ4v) is 3.62. The van der Waals surface area contributed by atoms with Crippen molar-refractivity contribution in [3.63, 3.8) is 0 Å². The summed E-state index contributed by atoms with van der Waals surface area (Å²) in [6.45, 7) is 3.70. The average molecular weight is 366 g/mol. The van der Waals surface area contributed by atoms with Crippen molar-refractivity contribution in [3.05, 3.63) is 54.4 Å². The van der Waals surface area contributed by atoms with Gasteiger partial charge in [-0.2, -0.15) is 0 Å². The number of benzene rings is 1. The molecule has 1 saturated heterocycles. The van der Waals surface area contributed by atoms with E-state index in [1.807, 2.05) is 41.3 Å². The number of nitrogens with one attached hydrogen (secondary N) is 1. The Balaban J connectivity index is 1.58. The second kappa shape index (κ2) is 7.36. The van der Waals surface area contributed by atoms with E-state index in [9.17, 15) is 9.59 Å². The molecule has 4 rings (SSSR count). The normalized spacial score (nSPS) is 22.2. The van der Waals surface area contributed by atoms with Gasteiger partial charge >= 0.3 is 0 Å². The van der Waals surface area contributed by atoms with Gasteiger partial charge in [0.2, 0.25) is 5.91 Å². The summed E-state index contributed by atoms with van der Waals surface area (Å²) in [5.41, 5.74) is 1.63. The Kier molecular flexibility index (Phi) is 4.77. The van der Waals surface area contributed by atoms with Crippen molar-refractivity contribution in [2.24, 2.45) is 0 Å². The zero-order chi connectivity index (χ0) is 18.8. The smallest absolute Gasteiger partial charge is 0.268 e. The fourth-order valence-electron chi connectivity index (χ4n) is 3.62. The Bertz CT molecular complexity index is 842. The van der Waals surface area contributed by atoms with Crippen molar-refractivity contribution in [2.75, 3.05) is 31.1 Å². The molecule has 0 radical (unpaired) electrons. The van der Waals surface area contributed by atoms with Crippen LogP contribution in [0.3, 0.4) is 0 Å². The van der Waals surface area contributed by atoms with E-state index < -0.39 is 6.10 Å². The maximum Gasteiger partial charge on any atom is 0.268 e. The van der Waals surface area contributed by atoms with Gasteiger partial charge in [-0.3, -0.25) is 19.5 Å². The Hall–Kier alpha value is -2.93. The first-order chi connectivity index (χ1) is 13.1. The first-order valence-electron chi connectivity index (χ1n) is 9.12. The number of rotatable bonds is 3. The van der Waals surface area contributed by atoms with Crippen LogP contribution in [0.1, 0.15) is 18.5 Å². The molecule has 2 aliphatic heterocycles. The van der Waals surface area contributed by atoms with Crippen molar-refractivity contribution in [3.8, 4) is 5.75 Å². The number of para-hydroxylation sites is 2. The quantitative estimate of drug-likeness (QED) is 0.888. The molecule has 7 heteroatoms. The lowest BCUT2D eigenvalue weighted by Gasteiger charge is -2.39. The fraction of sp³-hybridized carbons (Fsp3) is 0.350. The highest BCUT2D eigenvalue weighted by Gasteiger charge is 2.35. The predicted octanol–water partition coefficient (Wildman–Crippen LogP) is 1.37. The van der Waals surface area contributed by atoms with E-state index in [-0.39, 0.29) is 24.4 Å². The number of hydrogen-bond acceptors (Lipinski definition) is 5. The highest BCUT2D eigenvalue weighted by atomic mass is 16.5. The van der Waals surface area contributed by atoms with Gasteiger partial charge in [-0.1, -0.05) is 18.2 Å². The number of carbonyl (C=O) groups excluding carboxylic acids is 2. The topological polar surface area (TPSA) is 74.8 Å². The van der Waals surface area contributed by atoms with Gasteiger partial charge in [-0.05, 0) is 30.7 Å². The molecule has 0 spiro atoms. The minimum atomic E-state index is -0.607. The van der Waals surface area contributed by atoms with E-state index in [1.165, 1.54) is 4.90 Å². The van der Waals surface area contributed by atoms with Crippen molar-refractivity contribution >= 4 is 17.5 Å². The van der Waals surface area contributed by atoms with Crippen LogP contribution in [0.25, 0.3) is 0 Å². The third-order valence-corrected chi connectivity index (χ3v) is 5.00. The van der Waals surface area contributed by atoms with Crippen LogP contribution >= 0.6 is 0 Å². The molecule has 0 bridgehead atoms. The molecule has 2 aromatic rings. The number of pyridine rings is 1. The Morgan fingerprint density at radius 2 is 2.15 bits per heavy atom. The van der Waals surface area contributed by atoms with Crippen LogP contribution in [0.5, 0.6) is 5.75 Å². The molecule has 2 aliphatic rings. The molecule has 2 unspecified atom stereocenters. The zero-order valence-electron chi connectivity index (χ0n) is 15.2. The molecule has 1 fully saturated rings. The molecule has 2 atom stereocenters. The van der Waals surface area contributed by atoms with Crippen molar-refractivity contribution in [1.82, 2.24) is 15.2 Å². The first-order valence-corrected chi connectivity index (χ1v) is 9.12. The maximum absolute atomic E-state index is 13.2. The predicted molar refractivity (Wildman–Crippen MR) is 100 cm³/mol. The monoisotopic (exact) mass is 366 g/mol. The lowest BCUT2D eigenvalue weighted by molar-refractivity contribution is -0.135. The van der Waals surface area contributed by atoms with Crippen LogP contribution < -0.4 is 15.0 Å². The van der Waals surface area contributed by atoms with Crippen molar-refractivity contribution in [2.45, 2.75) is 19.1 Å². The minimum Gasteiger partial charge on any atom is -0.479 e. The summed E-state index contributed by atoms with van der Waals surface area (Å²) in [7, 11) is 0. The van der Waals surface area contributed by atoms with Gasteiger partial charge in [0.1, 0.15) is 12.3 Å². The molecular formula is C20H22N4O3. The summed E-state index contributed by atoms with van der Waals surface area (Å²) < 4.78 is 5.66. The number of anilines is 1. The summed E-state index contributed by atoms with van der Waals surface area (Å²) in [5.74, 6) is 0.347. The number of carbonyl (C=O) groups is 2. The van der Waals surface area contributed by atoms with E-state index in [0.29, 0.717) is 24.5 Å². The van der Waals surface area contributed by atoms with Gasteiger partial charge in [-0.25, -0.2) is 0 Å². The van der Waals surface area contributed by atoms with E-state index in [1.54, 1.807) is 19.3 Å². The highest BCUT2D eigenvalue weighted by Crippen LogP contribution is 2.34. The van der Waals surface area contributed by atoms with Crippen LogP contribution in [0.4, 0.5) is 5.69 Å². The van der Waals surface area contributed by atoms with Gasteiger partial charge in [0.15, 0.2) is 6.10 Å². The van der Waals surface area contributed by atoms with Crippen LogP contribution in [0, 0.1) is 0 Å². The van der Waals surface area contributed by atoms with E-state index in [4.69, 9.17) is 4.74 Å². The Labute approximate surface area is 157 Å². The summed E-state index contributed by atoms with van der Waals surface area (Å²) in [6.07, 6.45) is 2.90. The van der Waals surface area contributed by atoms with Crippen molar-refractivity contribution in [1.29, 1.82) is 0 Å². The van der Waals surface area contributed by atoms with Gasteiger partial charge in [-0.15, -0.1) is 0 Å². The minimum absolute atomic E-state index is 0.000306. The molecule has 0 aliphatic carbocycles. The van der Waals surface area contributed by atoms with E-state index in [0.717, 1.165) is 12.1 Å². The second-order valence-corrected chi connectivity index (χ2v) is 6.75. The molecule has 3 heterocycles. The molecule has 7 nitrogen and oxygen atoms in total. The lowest BCUT2D eigenvalue weighted by atomic mass is 10.0. The van der Waals surface area contributed by atoms with Gasteiger partial charge < -0.3 is 15.0 Å². The molecule has 0 saturated carbocycles. The second-order valence-electron chi connectivity index (χ2n) is 6.75. The molecular weight excluding hydrogens is 344 g/mol. The molecule has 1 aromatic heterocycles. The summed E-state index contributed by atoms with van der Waals surface area (Å²) in [4.78, 5) is 33.4. The van der Waals surface area contributed by atoms with Crippen LogP contribution in [-0.4, -0.2) is 54.0 Å². The summed E-state index contributed by atoms with van der Waals surface area (Å²) >= 11 is 0. The van der Waals surface area contributed by atoms with E-state index in [2.05, 4.69) is 10.3 Å². The number of aromatic nitrogens is 1. The molecule has 2 amide bonds. The molecule has 140 valence electrons. The summed E-state index contributed by atoms with van der Waals surface area (Å²) in [5, 5.41) is 3.33. The largest absolute Gasteiger partial charge is 0.479 e. The number of nitrogens with zero attached hydrogens (tertiary/aromatic N) is 3. The first kappa shape index (κ1) is 17.5. The van der Waals surface area contributed by atoms with Crippen LogP contribution in [-0.2, 0) is 9.59 Å².